The number of ether oxygens (including phenoxy) is 1. The lowest BCUT2D eigenvalue weighted by molar-refractivity contribution is -0.384. The summed E-state index contributed by atoms with van der Waals surface area (Å²) in [5.74, 6) is -0.0516. The predicted molar refractivity (Wildman–Crippen MR) is 121 cm³/mol. The maximum absolute atomic E-state index is 13.6. The van der Waals surface area contributed by atoms with Crippen molar-refractivity contribution in [2.24, 2.45) is 5.92 Å². The summed E-state index contributed by atoms with van der Waals surface area (Å²) in [6.07, 6.45) is 2.62. The zero-order valence-corrected chi connectivity index (χ0v) is 18.9. The van der Waals surface area contributed by atoms with Crippen molar-refractivity contribution in [3.05, 3.63) is 33.9 Å². The molecule has 178 valence electrons. The molecule has 3 fully saturated rings. The number of hydrogen-bond acceptors (Lipinski definition) is 7. The van der Waals surface area contributed by atoms with Crippen molar-refractivity contribution in [3.8, 4) is 0 Å². The highest BCUT2D eigenvalue weighted by molar-refractivity contribution is 5.83. The van der Waals surface area contributed by atoms with Crippen molar-refractivity contribution in [3.63, 3.8) is 0 Å². The molecule has 33 heavy (non-hydrogen) atoms. The van der Waals surface area contributed by atoms with E-state index in [0.29, 0.717) is 52.4 Å². The summed E-state index contributed by atoms with van der Waals surface area (Å²) in [7, 11) is 0. The number of nitro benzene ring substituents is 1. The van der Waals surface area contributed by atoms with Gasteiger partial charge in [0, 0.05) is 63.6 Å². The zero-order valence-electron chi connectivity index (χ0n) is 18.9. The van der Waals surface area contributed by atoms with E-state index in [4.69, 9.17) is 4.74 Å². The summed E-state index contributed by atoms with van der Waals surface area (Å²) in [5, 5.41) is 11.3. The SMILES string of the molecule is O=C(CN1CCN2c3ccc([N+](=O)[O-])cc3C[C@H](C(=O)N3CCOCC3)[C@H]2C1)N1CCCC1. The molecule has 0 spiro atoms. The first-order valence-corrected chi connectivity index (χ1v) is 11.9. The van der Waals surface area contributed by atoms with Crippen molar-refractivity contribution >= 4 is 23.2 Å². The van der Waals surface area contributed by atoms with Gasteiger partial charge in [-0.05, 0) is 30.9 Å². The number of nitro groups is 1. The number of piperazine rings is 1. The van der Waals surface area contributed by atoms with Crippen LogP contribution in [-0.4, -0.2) is 103 Å². The third-order valence-corrected chi connectivity index (χ3v) is 7.45. The Balaban J connectivity index is 1.39. The van der Waals surface area contributed by atoms with Crippen LogP contribution >= 0.6 is 0 Å². The highest BCUT2D eigenvalue weighted by atomic mass is 16.6. The Morgan fingerprint density at radius 3 is 2.52 bits per heavy atom. The fourth-order valence-corrected chi connectivity index (χ4v) is 5.69. The number of benzene rings is 1. The van der Waals surface area contributed by atoms with Gasteiger partial charge in [0.2, 0.25) is 11.8 Å². The quantitative estimate of drug-likeness (QED) is 0.486. The van der Waals surface area contributed by atoms with Crippen LogP contribution in [0.1, 0.15) is 18.4 Å². The monoisotopic (exact) mass is 457 g/mol. The normalized spacial score (nSPS) is 25.5. The highest BCUT2D eigenvalue weighted by Gasteiger charge is 2.43. The van der Waals surface area contributed by atoms with Gasteiger partial charge in [-0.3, -0.25) is 24.6 Å². The van der Waals surface area contributed by atoms with Gasteiger partial charge in [-0.15, -0.1) is 0 Å². The van der Waals surface area contributed by atoms with Crippen LogP contribution in [0.3, 0.4) is 0 Å². The smallest absolute Gasteiger partial charge is 0.269 e. The Hall–Kier alpha value is -2.72. The molecule has 1 aromatic rings. The number of hydrogen-bond donors (Lipinski definition) is 0. The summed E-state index contributed by atoms with van der Waals surface area (Å²) in [4.78, 5) is 45.5. The first kappa shape index (κ1) is 22.1. The van der Waals surface area contributed by atoms with Gasteiger partial charge in [0.1, 0.15) is 0 Å². The van der Waals surface area contributed by atoms with E-state index in [2.05, 4.69) is 9.80 Å². The Morgan fingerprint density at radius 1 is 1.03 bits per heavy atom. The third-order valence-electron chi connectivity index (χ3n) is 7.45. The van der Waals surface area contributed by atoms with E-state index >= 15 is 0 Å². The molecule has 0 aliphatic carbocycles. The summed E-state index contributed by atoms with van der Waals surface area (Å²) >= 11 is 0. The van der Waals surface area contributed by atoms with Crippen LogP contribution in [0.25, 0.3) is 0 Å². The highest BCUT2D eigenvalue weighted by Crippen LogP contribution is 2.38. The first-order valence-electron chi connectivity index (χ1n) is 11.9. The van der Waals surface area contributed by atoms with Gasteiger partial charge in [-0.1, -0.05) is 0 Å². The minimum atomic E-state index is -0.382. The molecule has 0 N–H and O–H groups in total. The molecule has 4 aliphatic heterocycles. The summed E-state index contributed by atoms with van der Waals surface area (Å²) in [6.45, 7) is 6.32. The molecule has 0 saturated carbocycles. The lowest BCUT2D eigenvalue weighted by Crippen LogP contribution is -2.62. The van der Waals surface area contributed by atoms with Crippen molar-refractivity contribution in [2.75, 3.05) is 70.5 Å². The molecule has 5 rings (SSSR count). The average Bonchev–Trinajstić information content (AvgIpc) is 3.38. The summed E-state index contributed by atoms with van der Waals surface area (Å²) < 4.78 is 5.42. The maximum atomic E-state index is 13.6. The molecular weight excluding hydrogens is 426 g/mol. The number of anilines is 1. The van der Waals surface area contributed by atoms with Gasteiger partial charge in [-0.25, -0.2) is 0 Å². The molecule has 10 heteroatoms. The summed E-state index contributed by atoms with van der Waals surface area (Å²) in [5.41, 5.74) is 1.88. The van der Waals surface area contributed by atoms with E-state index in [0.717, 1.165) is 43.7 Å². The number of likely N-dealkylation sites (tertiary alicyclic amines) is 1. The minimum absolute atomic E-state index is 0.0552. The van der Waals surface area contributed by atoms with Crippen molar-refractivity contribution in [2.45, 2.75) is 25.3 Å². The van der Waals surface area contributed by atoms with Crippen LogP contribution in [-0.2, 0) is 20.7 Å². The molecule has 0 bridgehead atoms. The Bertz CT molecular complexity index is 928. The Kier molecular flexibility index (Phi) is 6.20. The van der Waals surface area contributed by atoms with E-state index in [1.165, 1.54) is 0 Å². The number of nitrogens with zero attached hydrogens (tertiary/aromatic N) is 5. The van der Waals surface area contributed by atoms with E-state index in [9.17, 15) is 19.7 Å². The van der Waals surface area contributed by atoms with E-state index in [-0.39, 0.29) is 34.4 Å². The van der Waals surface area contributed by atoms with Crippen molar-refractivity contribution < 1.29 is 19.2 Å². The van der Waals surface area contributed by atoms with Crippen molar-refractivity contribution in [1.29, 1.82) is 0 Å². The second-order valence-electron chi connectivity index (χ2n) is 9.40. The summed E-state index contributed by atoms with van der Waals surface area (Å²) in [6, 6.07) is 4.92. The third kappa shape index (κ3) is 4.41. The number of amides is 2. The molecule has 1 aromatic carbocycles. The molecule has 4 heterocycles. The molecule has 2 amide bonds. The number of carbonyl (C=O) groups is 2. The second kappa shape index (κ2) is 9.26. The lowest BCUT2D eigenvalue weighted by atomic mass is 9.82. The molecule has 10 nitrogen and oxygen atoms in total. The Labute approximate surface area is 193 Å². The molecular formula is C23H31N5O5. The molecule has 0 aromatic heterocycles. The van der Waals surface area contributed by atoms with Gasteiger partial charge < -0.3 is 19.4 Å². The van der Waals surface area contributed by atoms with Gasteiger partial charge in [0.25, 0.3) is 5.69 Å². The number of morpholine rings is 1. The van der Waals surface area contributed by atoms with Crippen LogP contribution in [0.2, 0.25) is 0 Å². The zero-order chi connectivity index (χ0) is 22.9. The second-order valence-corrected chi connectivity index (χ2v) is 9.40. The molecule has 4 aliphatic rings. The standard InChI is InChI=1S/C23H31N5O5/c29-22(25-5-1-2-6-25)16-24-7-8-27-20-4-3-18(28(31)32)13-17(20)14-19(21(27)15-24)23(30)26-9-11-33-12-10-26/h3-4,13,19,21H,1-2,5-12,14-16H2/t19-,21+/m0/s1. The van der Waals surface area contributed by atoms with Crippen LogP contribution in [0.5, 0.6) is 0 Å². The van der Waals surface area contributed by atoms with Gasteiger partial charge in [-0.2, -0.15) is 0 Å². The lowest BCUT2D eigenvalue weighted by Gasteiger charge is -2.50. The van der Waals surface area contributed by atoms with Crippen LogP contribution in [0.4, 0.5) is 11.4 Å². The fraction of sp³-hybridized carbons (Fsp3) is 0.652. The first-order chi connectivity index (χ1) is 16.0. The van der Waals surface area contributed by atoms with Crippen LogP contribution in [0, 0.1) is 16.0 Å². The largest absolute Gasteiger partial charge is 0.378 e. The minimum Gasteiger partial charge on any atom is -0.378 e. The van der Waals surface area contributed by atoms with E-state index in [1.807, 2.05) is 15.9 Å². The number of non-ortho nitro benzene ring substituents is 1. The number of carbonyl (C=O) groups excluding carboxylic acids is 2. The van der Waals surface area contributed by atoms with E-state index in [1.54, 1.807) is 12.1 Å². The van der Waals surface area contributed by atoms with Crippen LogP contribution < -0.4 is 4.90 Å². The van der Waals surface area contributed by atoms with E-state index < -0.39 is 0 Å². The van der Waals surface area contributed by atoms with Gasteiger partial charge in [0.05, 0.1) is 36.6 Å². The van der Waals surface area contributed by atoms with Crippen LogP contribution in [0.15, 0.2) is 18.2 Å². The Morgan fingerprint density at radius 2 is 1.79 bits per heavy atom. The molecule has 3 saturated heterocycles. The topological polar surface area (TPSA) is 99.5 Å². The van der Waals surface area contributed by atoms with Crippen molar-refractivity contribution in [1.82, 2.24) is 14.7 Å². The molecule has 0 unspecified atom stereocenters. The number of rotatable bonds is 4. The number of fused-ring (bicyclic) bond motifs is 3. The predicted octanol–water partition coefficient (Wildman–Crippen LogP) is 0.739. The maximum Gasteiger partial charge on any atom is 0.269 e. The van der Waals surface area contributed by atoms with Gasteiger partial charge >= 0.3 is 0 Å². The average molecular weight is 458 g/mol. The molecule has 0 radical (unpaired) electrons. The molecule has 2 atom stereocenters. The van der Waals surface area contributed by atoms with Gasteiger partial charge in [0.15, 0.2) is 0 Å². The fourth-order valence-electron chi connectivity index (χ4n) is 5.69.